The van der Waals surface area contributed by atoms with Gasteiger partial charge in [0.15, 0.2) is 0 Å². The normalized spacial score (nSPS) is 11.7. The van der Waals surface area contributed by atoms with E-state index in [1.54, 1.807) is 44.3 Å². The summed E-state index contributed by atoms with van der Waals surface area (Å²) in [6, 6.07) is 10.8. The van der Waals surface area contributed by atoms with E-state index in [2.05, 4.69) is 24.1 Å². The van der Waals surface area contributed by atoms with Crippen molar-refractivity contribution in [1.82, 2.24) is 19.9 Å². The molecule has 2 aromatic heterocycles. The first-order chi connectivity index (χ1) is 13.7. The molecule has 1 aromatic carbocycles. The van der Waals surface area contributed by atoms with E-state index in [-0.39, 0.29) is 18.4 Å². The highest BCUT2D eigenvalue weighted by Crippen LogP contribution is 2.25. The number of nitrogens with one attached hydrogen (secondary N) is 1. The number of hydrogen-bond donors (Lipinski definition) is 2. The lowest BCUT2D eigenvalue weighted by atomic mass is 10.0. The van der Waals surface area contributed by atoms with Crippen LogP contribution in [0.25, 0.3) is 17.1 Å². The Hall–Kier alpha value is -2.70. The van der Waals surface area contributed by atoms with Crippen molar-refractivity contribution in [2.75, 3.05) is 6.61 Å². The third-order valence-corrected chi connectivity index (χ3v) is 4.75. The van der Waals surface area contributed by atoms with Crippen LogP contribution in [0.4, 0.5) is 0 Å². The zero-order valence-electron chi connectivity index (χ0n) is 17.0. The lowest BCUT2D eigenvalue weighted by Gasteiger charge is -2.23. The standard InChI is InChI=1S/C22H25ClN4O2/c1-14(2)20-24-9-10-27(20)19-12-16(21(29)26-22(3,4)13-28)11-18(25-19)15-5-7-17(23)8-6-15/h5-12,14,28H,13H2,1-4H3,(H,26,29). The summed E-state index contributed by atoms with van der Waals surface area (Å²) in [7, 11) is 0. The minimum atomic E-state index is -0.737. The number of hydrogen-bond acceptors (Lipinski definition) is 4. The molecule has 0 saturated carbocycles. The number of imidazole rings is 1. The number of aromatic nitrogens is 3. The number of carbonyl (C=O) groups is 1. The molecule has 152 valence electrons. The molecule has 0 saturated heterocycles. The Morgan fingerprint density at radius 3 is 2.55 bits per heavy atom. The molecule has 0 spiro atoms. The number of halogens is 1. The summed E-state index contributed by atoms with van der Waals surface area (Å²) in [4.78, 5) is 22.1. The topological polar surface area (TPSA) is 80.0 Å². The van der Waals surface area contributed by atoms with E-state index in [0.29, 0.717) is 22.1 Å². The maximum absolute atomic E-state index is 12.9. The third-order valence-electron chi connectivity index (χ3n) is 4.49. The van der Waals surface area contributed by atoms with Crippen LogP contribution in [-0.2, 0) is 0 Å². The van der Waals surface area contributed by atoms with Gasteiger partial charge in [0.2, 0.25) is 0 Å². The van der Waals surface area contributed by atoms with Crippen LogP contribution in [0, 0.1) is 0 Å². The Balaban J connectivity index is 2.13. The summed E-state index contributed by atoms with van der Waals surface area (Å²) < 4.78 is 1.89. The summed E-state index contributed by atoms with van der Waals surface area (Å²) >= 11 is 6.02. The molecule has 3 rings (SSSR count). The van der Waals surface area contributed by atoms with Crippen molar-refractivity contribution >= 4 is 17.5 Å². The minimum Gasteiger partial charge on any atom is -0.394 e. The van der Waals surface area contributed by atoms with Gasteiger partial charge in [0, 0.05) is 34.5 Å². The second-order valence-corrected chi connectivity index (χ2v) is 8.35. The van der Waals surface area contributed by atoms with Crippen LogP contribution >= 0.6 is 11.6 Å². The fraction of sp³-hybridized carbons (Fsp3) is 0.318. The lowest BCUT2D eigenvalue weighted by molar-refractivity contribution is 0.0869. The molecule has 7 heteroatoms. The number of amides is 1. The van der Waals surface area contributed by atoms with Gasteiger partial charge >= 0.3 is 0 Å². The Kier molecular flexibility index (Phi) is 6.05. The molecule has 0 aliphatic rings. The molecule has 0 unspecified atom stereocenters. The summed E-state index contributed by atoms with van der Waals surface area (Å²) in [5.74, 6) is 1.36. The zero-order chi connectivity index (χ0) is 21.2. The first-order valence-electron chi connectivity index (χ1n) is 9.45. The molecule has 0 bridgehead atoms. The van der Waals surface area contributed by atoms with Gasteiger partial charge in [0.25, 0.3) is 5.91 Å². The summed E-state index contributed by atoms with van der Waals surface area (Å²) in [6.07, 6.45) is 3.56. The van der Waals surface area contributed by atoms with Crippen molar-refractivity contribution in [3.8, 4) is 17.1 Å². The molecule has 2 N–H and O–H groups in total. The summed E-state index contributed by atoms with van der Waals surface area (Å²) in [5.41, 5.74) is 1.20. The van der Waals surface area contributed by atoms with Crippen molar-refractivity contribution in [3.63, 3.8) is 0 Å². The number of benzene rings is 1. The number of aliphatic hydroxyl groups excluding tert-OH is 1. The van der Waals surface area contributed by atoms with Gasteiger partial charge in [-0.2, -0.15) is 0 Å². The van der Waals surface area contributed by atoms with Gasteiger partial charge in [-0.3, -0.25) is 9.36 Å². The van der Waals surface area contributed by atoms with Gasteiger partial charge in [-0.15, -0.1) is 0 Å². The molecule has 0 radical (unpaired) electrons. The predicted molar refractivity (Wildman–Crippen MR) is 115 cm³/mol. The zero-order valence-corrected chi connectivity index (χ0v) is 17.7. The van der Waals surface area contributed by atoms with Crippen LogP contribution in [0.1, 0.15) is 49.8 Å². The SMILES string of the molecule is CC(C)c1nccn1-c1cc(C(=O)NC(C)(C)CO)cc(-c2ccc(Cl)cc2)n1. The predicted octanol–water partition coefficient (Wildman–Crippen LogP) is 4.21. The Bertz CT molecular complexity index is 1010. The first-order valence-corrected chi connectivity index (χ1v) is 9.83. The van der Waals surface area contributed by atoms with Gasteiger partial charge in [0.05, 0.1) is 17.8 Å². The van der Waals surface area contributed by atoms with Crippen LogP contribution < -0.4 is 5.32 Å². The van der Waals surface area contributed by atoms with Crippen LogP contribution in [-0.4, -0.2) is 37.7 Å². The van der Waals surface area contributed by atoms with Crippen LogP contribution in [0.5, 0.6) is 0 Å². The van der Waals surface area contributed by atoms with Gasteiger partial charge in [-0.05, 0) is 38.1 Å². The highest BCUT2D eigenvalue weighted by atomic mass is 35.5. The van der Waals surface area contributed by atoms with Crippen LogP contribution in [0.2, 0.25) is 5.02 Å². The maximum atomic E-state index is 12.9. The van der Waals surface area contributed by atoms with E-state index in [4.69, 9.17) is 16.6 Å². The van der Waals surface area contributed by atoms with Gasteiger partial charge in [0.1, 0.15) is 11.6 Å². The van der Waals surface area contributed by atoms with Gasteiger partial charge in [-0.1, -0.05) is 37.6 Å². The number of rotatable bonds is 6. The van der Waals surface area contributed by atoms with Crippen LogP contribution in [0.3, 0.4) is 0 Å². The molecule has 0 aliphatic heterocycles. The van der Waals surface area contributed by atoms with Gasteiger partial charge < -0.3 is 10.4 Å². The Morgan fingerprint density at radius 2 is 1.93 bits per heavy atom. The molecule has 0 fully saturated rings. The molecule has 1 amide bonds. The second kappa shape index (κ2) is 8.35. The maximum Gasteiger partial charge on any atom is 0.251 e. The van der Waals surface area contributed by atoms with Crippen molar-refractivity contribution in [2.45, 2.75) is 39.2 Å². The average Bonchev–Trinajstić information content (AvgIpc) is 3.18. The number of nitrogens with zero attached hydrogens (tertiary/aromatic N) is 3. The minimum absolute atomic E-state index is 0.167. The Morgan fingerprint density at radius 1 is 1.24 bits per heavy atom. The highest BCUT2D eigenvalue weighted by molar-refractivity contribution is 6.30. The smallest absolute Gasteiger partial charge is 0.251 e. The highest BCUT2D eigenvalue weighted by Gasteiger charge is 2.22. The molecule has 6 nitrogen and oxygen atoms in total. The third kappa shape index (κ3) is 4.83. The van der Waals surface area contributed by atoms with E-state index in [0.717, 1.165) is 11.4 Å². The molecular formula is C22H25ClN4O2. The second-order valence-electron chi connectivity index (χ2n) is 7.91. The fourth-order valence-electron chi connectivity index (χ4n) is 2.89. The number of carbonyl (C=O) groups excluding carboxylic acids is 1. The van der Waals surface area contributed by atoms with E-state index in [1.165, 1.54) is 0 Å². The molecular weight excluding hydrogens is 388 g/mol. The van der Waals surface area contributed by atoms with Crippen molar-refractivity contribution in [2.24, 2.45) is 0 Å². The fourth-order valence-corrected chi connectivity index (χ4v) is 3.02. The molecule has 0 aliphatic carbocycles. The van der Waals surface area contributed by atoms with Crippen molar-refractivity contribution < 1.29 is 9.90 Å². The van der Waals surface area contributed by atoms with E-state index < -0.39 is 5.54 Å². The molecule has 29 heavy (non-hydrogen) atoms. The van der Waals surface area contributed by atoms with E-state index >= 15 is 0 Å². The summed E-state index contributed by atoms with van der Waals surface area (Å²) in [5, 5.41) is 13.0. The first kappa shape index (κ1) is 21.0. The Labute approximate surface area is 175 Å². The molecule has 0 atom stereocenters. The summed E-state index contributed by atoms with van der Waals surface area (Å²) in [6.45, 7) is 7.47. The monoisotopic (exact) mass is 412 g/mol. The van der Waals surface area contributed by atoms with Crippen molar-refractivity contribution in [1.29, 1.82) is 0 Å². The number of aliphatic hydroxyl groups is 1. The van der Waals surface area contributed by atoms with Crippen molar-refractivity contribution in [3.05, 3.63) is 65.2 Å². The van der Waals surface area contributed by atoms with E-state index in [1.807, 2.05) is 22.9 Å². The largest absolute Gasteiger partial charge is 0.394 e. The average molecular weight is 413 g/mol. The van der Waals surface area contributed by atoms with Crippen LogP contribution in [0.15, 0.2) is 48.8 Å². The van der Waals surface area contributed by atoms with E-state index in [9.17, 15) is 9.90 Å². The quantitative estimate of drug-likeness (QED) is 0.635. The molecule has 3 aromatic rings. The molecule has 2 heterocycles. The lowest BCUT2D eigenvalue weighted by Crippen LogP contribution is -2.46. The van der Waals surface area contributed by atoms with Gasteiger partial charge in [-0.25, -0.2) is 9.97 Å². The number of pyridine rings is 1.